The van der Waals surface area contributed by atoms with Gasteiger partial charge in [0.2, 0.25) is 0 Å². The minimum absolute atomic E-state index is 0.0672. The molecule has 14 heavy (non-hydrogen) atoms. The minimum Gasteiger partial charge on any atom is -0.407 e. The second-order valence-corrected chi connectivity index (χ2v) is 4.00. The van der Waals surface area contributed by atoms with E-state index in [2.05, 4.69) is 26.0 Å². The predicted octanol–water partition coefficient (Wildman–Crippen LogP) is 2.63. The zero-order valence-corrected chi connectivity index (χ0v) is 8.69. The van der Waals surface area contributed by atoms with Gasteiger partial charge >= 0.3 is 7.12 Å². The highest BCUT2D eigenvalue weighted by Gasteiger charge is 2.25. The third-order valence-electron chi connectivity index (χ3n) is 2.47. The summed E-state index contributed by atoms with van der Waals surface area (Å²) in [5, 5.41) is 0. The van der Waals surface area contributed by atoms with Crippen molar-refractivity contribution >= 4 is 7.12 Å². The molecule has 1 aliphatic rings. The lowest BCUT2D eigenvalue weighted by Gasteiger charge is -2.13. The molecule has 0 aliphatic carbocycles. The fourth-order valence-corrected chi connectivity index (χ4v) is 1.62. The highest BCUT2D eigenvalue weighted by atomic mass is 16.6. The Labute approximate surface area is 85.4 Å². The van der Waals surface area contributed by atoms with E-state index in [1.807, 2.05) is 12.1 Å². The van der Waals surface area contributed by atoms with Gasteiger partial charge in [0.1, 0.15) is 0 Å². The van der Waals surface area contributed by atoms with Crippen LogP contribution >= 0.6 is 0 Å². The van der Waals surface area contributed by atoms with E-state index in [1.165, 1.54) is 11.1 Å². The van der Waals surface area contributed by atoms with Crippen molar-refractivity contribution in [1.82, 2.24) is 0 Å². The van der Waals surface area contributed by atoms with Crippen molar-refractivity contribution in [3.8, 4) is 0 Å². The molecule has 1 aliphatic heterocycles. The average molecular weight is 190 g/mol. The summed E-state index contributed by atoms with van der Waals surface area (Å²) in [5.74, 6) is 0.407. The maximum absolute atomic E-state index is 5.67. The largest absolute Gasteiger partial charge is 0.460 e. The molecule has 0 N–H and O–H groups in total. The first-order valence-corrected chi connectivity index (χ1v) is 5.07. The lowest BCUT2D eigenvalue weighted by atomic mass is 9.74. The Hall–Kier alpha value is -0.795. The van der Waals surface area contributed by atoms with Gasteiger partial charge in [-0.1, -0.05) is 38.1 Å². The fourth-order valence-electron chi connectivity index (χ4n) is 1.62. The Morgan fingerprint density at radius 2 is 1.57 bits per heavy atom. The molecule has 0 bridgehead atoms. The lowest BCUT2D eigenvalue weighted by Crippen LogP contribution is -2.23. The van der Waals surface area contributed by atoms with Crippen LogP contribution in [0.2, 0.25) is 5.82 Å². The summed E-state index contributed by atoms with van der Waals surface area (Å²) in [5.41, 5.74) is 2.49. The number of rotatable bonds is 1. The maximum Gasteiger partial charge on any atom is 0.460 e. The van der Waals surface area contributed by atoms with Crippen molar-refractivity contribution in [2.75, 3.05) is 0 Å². The van der Waals surface area contributed by atoms with E-state index < -0.39 is 0 Å². The van der Waals surface area contributed by atoms with Gasteiger partial charge in [0, 0.05) is 0 Å². The van der Waals surface area contributed by atoms with Crippen molar-refractivity contribution < 1.29 is 9.31 Å². The molecule has 0 spiro atoms. The van der Waals surface area contributed by atoms with Crippen molar-refractivity contribution in [2.45, 2.75) is 32.9 Å². The van der Waals surface area contributed by atoms with E-state index in [1.54, 1.807) is 0 Å². The SMILES string of the molecule is CC(C)B1OCc2ccccc2CO1. The monoisotopic (exact) mass is 190 g/mol. The van der Waals surface area contributed by atoms with Crippen LogP contribution in [0, 0.1) is 0 Å². The summed E-state index contributed by atoms with van der Waals surface area (Å²) in [7, 11) is -0.0672. The Balaban J connectivity index is 2.14. The van der Waals surface area contributed by atoms with Crippen molar-refractivity contribution in [1.29, 1.82) is 0 Å². The van der Waals surface area contributed by atoms with Gasteiger partial charge in [-0.05, 0) is 16.9 Å². The number of fused-ring (bicyclic) bond motifs is 1. The molecule has 3 heteroatoms. The molecule has 0 unspecified atom stereocenters. The highest BCUT2D eigenvalue weighted by Crippen LogP contribution is 2.21. The molecule has 1 aromatic rings. The quantitative estimate of drug-likeness (QED) is 0.633. The number of hydrogen-bond acceptors (Lipinski definition) is 2. The summed E-state index contributed by atoms with van der Waals surface area (Å²) in [4.78, 5) is 0. The Bertz CT molecular complexity index is 285. The van der Waals surface area contributed by atoms with Crippen molar-refractivity contribution in [2.24, 2.45) is 0 Å². The summed E-state index contributed by atoms with van der Waals surface area (Å²) >= 11 is 0. The third kappa shape index (κ3) is 1.99. The van der Waals surface area contributed by atoms with E-state index in [9.17, 15) is 0 Å². The normalized spacial score (nSPS) is 16.6. The van der Waals surface area contributed by atoms with Crippen LogP contribution in [0.4, 0.5) is 0 Å². The van der Waals surface area contributed by atoms with Gasteiger partial charge in [0.15, 0.2) is 0 Å². The van der Waals surface area contributed by atoms with Gasteiger partial charge < -0.3 is 9.31 Å². The van der Waals surface area contributed by atoms with Crippen LogP contribution < -0.4 is 0 Å². The molecule has 0 fully saturated rings. The maximum atomic E-state index is 5.67. The number of benzene rings is 1. The highest BCUT2D eigenvalue weighted by molar-refractivity contribution is 6.46. The molecular weight excluding hydrogens is 175 g/mol. The molecule has 74 valence electrons. The molecule has 0 amide bonds. The zero-order valence-electron chi connectivity index (χ0n) is 8.69. The first-order chi connectivity index (χ1) is 6.77. The van der Waals surface area contributed by atoms with Crippen LogP contribution in [0.5, 0.6) is 0 Å². The predicted molar refractivity (Wildman–Crippen MR) is 56.9 cm³/mol. The fraction of sp³-hybridized carbons (Fsp3) is 0.455. The molecule has 1 aromatic carbocycles. The Morgan fingerprint density at radius 1 is 1.07 bits per heavy atom. The topological polar surface area (TPSA) is 18.5 Å². The van der Waals surface area contributed by atoms with Crippen LogP contribution in [0.25, 0.3) is 0 Å². The molecule has 2 rings (SSSR count). The second-order valence-electron chi connectivity index (χ2n) is 4.00. The molecule has 1 heterocycles. The van der Waals surface area contributed by atoms with Gasteiger partial charge in [-0.25, -0.2) is 0 Å². The Kier molecular flexibility index (Phi) is 2.89. The van der Waals surface area contributed by atoms with Crippen molar-refractivity contribution in [3.05, 3.63) is 35.4 Å². The lowest BCUT2D eigenvalue weighted by molar-refractivity contribution is 0.192. The van der Waals surface area contributed by atoms with Crippen LogP contribution in [0.1, 0.15) is 25.0 Å². The summed E-state index contributed by atoms with van der Waals surface area (Å²) in [6, 6.07) is 8.28. The van der Waals surface area contributed by atoms with Gasteiger partial charge in [-0.2, -0.15) is 0 Å². The van der Waals surface area contributed by atoms with Crippen LogP contribution in [-0.2, 0) is 22.5 Å². The van der Waals surface area contributed by atoms with Crippen LogP contribution in [0.3, 0.4) is 0 Å². The summed E-state index contributed by atoms with van der Waals surface area (Å²) < 4.78 is 11.3. The first-order valence-electron chi connectivity index (χ1n) is 5.07. The smallest absolute Gasteiger partial charge is 0.407 e. The van der Waals surface area contributed by atoms with Gasteiger partial charge in [-0.15, -0.1) is 0 Å². The van der Waals surface area contributed by atoms with Crippen LogP contribution in [0.15, 0.2) is 24.3 Å². The molecule has 0 radical (unpaired) electrons. The molecular formula is C11H15BO2. The van der Waals surface area contributed by atoms with Crippen molar-refractivity contribution in [3.63, 3.8) is 0 Å². The molecule has 0 saturated heterocycles. The van der Waals surface area contributed by atoms with Gasteiger partial charge in [0.05, 0.1) is 13.2 Å². The summed E-state index contributed by atoms with van der Waals surface area (Å²) in [6.45, 7) is 5.55. The number of hydrogen-bond donors (Lipinski definition) is 0. The molecule has 2 nitrogen and oxygen atoms in total. The summed E-state index contributed by atoms with van der Waals surface area (Å²) in [6.07, 6.45) is 0. The molecule has 0 atom stereocenters. The van der Waals surface area contributed by atoms with E-state index in [4.69, 9.17) is 9.31 Å². The van der Waals surface area contributed by atoms with E-state index >= 15 is 0 Å². The van der Waals surface area contributed by atoms with Gasteiger partial charge in [0.25, 0.3) is 0 Å². The Morgan fingerprint density at radius 3 is 2.00 bits per heavy atom. The molecule has 0 saturated carbocycles. The van der Waals surface area contributed by atoms with Gasteiger partial charge in [-0.3, -0.25) is 0 Å². The average Bonchev–Trinajstić information content (AvgIpc) is 2.39. The first kappa shape index (κ1) is 9.75. The molecule has 0 aromatic heterocycles. The standard InChI is InChI=1S/C11H15BO2/c1-9(2)12-13-7-10-5-3-4-6-11(10)8-14-12/h3-6,9H,7-8H2,1-2H3. The zero-order chi connectivity index (χ0) is 9.97. The minimum atomic E-state index is -0.0672. The van der Waals surface area contributed by atoms with E-state index in [0.717, 1.165) is 0 Å². The van der Waals surface area contributed by atoms with E-state index in [0.29, 0.717) is 19.0 Å². The second kappa shape index (κ2) is 4.15. The third-order valence-corrected chi connectivity index (χ3v) is 2.47. The van der Waals surface area contributed by atoms with E-state index in [-0.39, 0.29) is 7.12 Å². The van der Waals surface area contributed by atoms with Crippen LogP contribution in [-0.4, -0.2) is 7.12 Å².